The molecule has 28 heavy (non-hydrogen) atoms. The molecule has 0 unspecified atom stereocenters. The van der Waals surface area contributed by atoms with Crippen LogP contribution in [0.1, 0.15) is 38.2 Å². The van der Waals surface area contributed by atoms with Gasteiger partial charge in [0.2, 0.25) is 0 Å². The molecule has 1 aliphatic carbocycles. The number of esters is 1. The van der Waals surface area contributed by atoms with E-state index in [0.29, 0.717) is 23.4 Å². The van der Waals surface area contributed by atoms with Crippen molar-refractivity contribution in [2.45, 2.75) is 44.1 Å². The summed E-state index contributed by atoms with van der Waals surface area (Å²) in [6.07, 6.45) is 3.03. The van der Waals surface area contributed by atoms with Gasteiger partial charge in [-0.1, -0.05) is 48.2 Å². The Hall–Kier alpha value is -2.18. The Balaban J connectivity index is 1.73. The lowest BCUT2D eigenvalue weighted by Crippen LogP contribution is -2.40. The van der Waals surface area contributed by atoms with Crippen molar-refractivity contribution < 1.29 is 18.7 Å². The lowest BCUT2D eigenvalue weighted by atomic mass is 9.79. The summed E-state index contributed by atoms with van der Waals surface area (Å²) in [6.45, 7) is 1.46. The number of carbonyl (C=O) groups excluding carboxylic acids is 2. The van der Waals surface area contributed by atoms with Crippen LogP contribution in [0.3, 0.4) is 0 Å². The Kier molecular flexibility index (Phi) is 6.20. The molecular formula is C20H19Cl2FN2O3. The molecule has 5 nitrogen and oxygen atoms in total. The molecule has 1 heterocycles. The minimum atomic E-state index is -1.08. The summed E-state index contributed by atoms with van der Waals surface area (Å²) in [4.78, 5) is 29.3. The quantitative estimate of drug-likeness (QED) is 0.692. The third kappa shape index (κ3) is 4.28. The van der Waals surface area contributed by atoms with Gasteiger partial charge in [0.1, 0.15) is 5.82 Å². The molecule has 1 atom stereocenters. The third-order valence-corrected chi connectivity index (χ3v) is 5.42. The van der Waals surface area contributed by atoms with Crippen molar-refractivity contribution in [1.82, 2.24) is 4.98 Å². The fourth-order valence-electron chi connectivity index (χ4n) is 3.43. The van der Waals surface area contributed by atoms with Crippen LogP contribution in [0.15, 0.2) is 36.5 Å². The molecule has 0 bridgehead atoms. The topological polar surface area (TPSA) is 68.3 Å². The van der Waals surface area contributed by atoms with E-state index in [2.05, 4.69) is 10.3 Å². The molecule has 148 valence electrons. The number of pyridine rings is 1. The Morgan fingerprint density at radius 2 is 1.96 bits per heavy atom. The van der Waals surface area contributed by atoms with Crippen LogP contribution in [0.5, 0.6) is 0 Å². The average molecular weight is 425 g/mol. The number of ether oxygens (including phenoxy) is 1. The molecule has 2 aromatic rings. The van der Waals surface area contributed by atoms with Crippen LogP contribution in [0, 0.1) is 5.82 Å². The number of hydrogen-bond donors (Lipinski definition) is 1. The van der Waals surface area contributed by atoms with Gasteiger partial charge in [0.25, 0.3) is 5.91 Å². The predicted molar refractivity (Wildman–Crippen MR) is 105 cm³/mol. The van der Waals surface area contributed by atoms with Crippen LogP contribution in [0.2, 0.25) is 10.0 Å². The van der Waals surface area contributed by atoms with Gasteiger partial charge in [0.05, 0.1) is 15.5 Å². The van der Waals surface area contributed by atoms with Crippen molar-refractivity contribution >= 4 is 40.9 Å². The first-order valence-corrected chi connectivity index (χ1v) is 9.66. The summed E-state index contributed by atoms with van der Waals surface area (Å²) in [5, 5.41) is 3.02. The zero-order valence-electron chi connectivity index (χ0n) is 15.2. The second-order valence-electron chi connectivity index (χ2n) is 6.82. The van der Waals surface area contributed by atoms with E-state index in [1.807, 2.05) is 0 Å². The molecule has 1 saturated carbocycles. The van der Waals surface area contributed by atoms with Gasteiger partial charge in [-0.05, 0) is 43.5 Å². The zero-order valence-corrected chi connectivity index (χ0v) is 16.7. The van der Waals surface area contributed by atoms with Crippen molar-refractivity contribution in [3.63, 3.8) is 0 Å². The van der Waals surface area contributed by atoms with Gasteiger partial charge in [-0.25, -0.2) is 9.37 Å². The number of hydrogen-bond acceptors (Lipinski definition) is 4. The number of nitrogens with one attached hydrogen (secondary N) is 1. The summed E-state index contributed by atoms with van der Waals surface area (Å²) in [7, 11) is 0. The average Bonchev–Trinajstić information content (AvgIpc) is 3.15. The van der Waals surface area contributed by atoms with Crippen molar-refractivity contribution in [2.75, 3.05) is 5.32 Å². The van der Waals surface area contributed by atoms with Crippen LogP contribution in [0.25, 0.3) is 0 Å². The minimum absolute atomic E-state index is 0.125. The molecule has 0 spiro atoms. The maximum atomic E-state index is 13.7. The predicted octanol–water partition coefficient (Wildman–Crippen LogP) is 4.91. The monoisotopic (exact) mass is 424 g/mol. The normalized spacial score (nSPS) is 16.4. The van der Waals surface area contributed by atoms with E-state index in [1.54, 1.807) is 12.1 Å². The van der Waals surface area contributed by atoms with Crippen LogP contribution in [-0.4, -0.2) is 23.0 Å². The summed E-state index contributed by atoms with van der Waals surface area (Å²) < 4.78 is 19.2. The van der Waals surface area contributed by atoms with Gasteiger partial charge in [0, 0.05) is 6.20 Å². The number of aromatic nitrogens is 1. The second kappa shape index (κ2) is 8.45. The van der Waals surface area contributed by atoms with Crippen molar-refractivity contribution in [1.29, 1.82) is 0 Å². The Morgan fingerprint density at radius 1 is 1.25 bits per heavy atom. The highest BCUT2D eigenvalue weighted by Crippen LogP contribution is 2.42. The smallest absolute Gasteiger partial charge is 0.317 e. The van der Waals surface area contributed by atoms with Gasteiger partial charge in [-0.15, -0.1) is 0 Å². The van der Waals surface area contributed by atoms with E-state index in [0.717, 1.165) is 12.8 Å². The largest absolute Gasteiger partial charge is 0.452 e. The van der Waals surface area contributed by atoms with E-state index in [4.69, 9.17) is 27.9 Å². The summed E-state index contributed by atoms with van der Waals surface area (Å²) >= 11 is 11.8. The summed E-state index contributed by atoms with van der Waals surface area (Å²) in [5.41, 5.74) is -0.364. The molecule has 3 rings (SSSR count). The van der Waals surface area contributed by atoms with Gasteiger partial charge < -0.3 is 10.1 Å². The second-order valence-corrected chi connectivity index (χ2v) is 7.66. The SMILES string of the molecule is C[C@@H](OC(=O)C1(c2cccc(F)c2)CCCC1)C(=O)Nc1ncc(Cl)cc1Cl. The summed E-state index contributed by atoms with van der Waals surface area (Å²) in [6, 6.07) is 7.42. The summed E-state index contributed by atoms with van der Waals surface area (Å²) in [5.74, 6) is -1.39. The first-order valence-electron chi connectivity index (χ1n) is 8.91. The molecule has 1 aromatic carbocycles. The van der Waals surface area contributed by atoms with Gasteiger partial charge >= 0.3 is 5.97 Å². The Morgan fingerprint density at radius 3 is 2.61 bits per heavy atom. The molecule has 1 N–H and O–H groups in total. The fourth-order valence-corrected chi connectivity index (χ4v) is 3.85. The van der Waals surface area contributed by atoms with E-state index in [1.165, 1.54) is 31.3 Å². The Labute approximate surface area is 172 Å². The molecule has 0 radical (unpaired) electrons. The van der Waals surface area contributed by atoms with Crippen molar-refractivity contribution in [3.8, 4) is 0 Å². The van der Waals surface area contributed by atoms with E-state index >= 15 is 0 Å². The number of anilines is 1. The molecule has 8 heteroatoms. The lowest BCUT2D eigenvalue weighted by Gasteiger charge is -2.28. The number of halogens is 3. The molecule has 1 fully saturated rings. The van der Waals surface area contributed by atoms with E-state index in [9.17, 15) is 14.0 Å². The van der Waals surface area contributed by atoms with Crippen molar-refractivity contribution in [2.24, 2.45) is 0 Å². The molecule has 0 aliphatic heterocycles. The van der Waals surface area contributed by atoms with Crippen LogP contribution in [0.4, 0.5) is 10.2 Å². The lowest BCUT2D eigenvalue weighted by molar-refractivity contribution is -0.159. The molecule has 0 saturated heterocycles. The third-order valence-electron chi connectivity index (χ3n) is 4.93. The number of nitrogens with zero attached hydrogens (tertiary/aromatic N) is 1. The molecule has 1 aromatic heterocycles. The first-order chi connectivity index (χ1) is 13.3. The Bertz CT molecular complexity index is 901. The standard InChI is InChI=1S/C20H19Cl2FN2O3/c1-12(18(26)25-17-16(22)10-14(21)11-24-17)28-19(27)20(7-2-3-8-20)13-5-4-6-15(23)9-13/h4-6,9-12H,2-3,7-8H2,1H3,(H,24,25,26)/t12-/m1/s1. The molecule has 1 aliphatic rings. The molecule has 1 amide bonds. The van der Waals surface area contributed by atoms with Gasteiger partial charge in [-0.2, -0.15) is 0 Å². The van der Waals surface area contributed by atoms with Crippen LogP contribution < -0.4 is 5.32 Å². The number of benzene rings is 1. The first kappa shape index (κ1) is 20.6. The van der Waals surface area contributed by atoms with Gasteiger partial charge in [0.15, 0.2) is 11.9 Å². The number of carbonyl (C=O) groups is 2. The van der Waals surface area contributed by atoms with Crippen LogP contribution >= 0.6 is 23.2 Å². The van der Waals surface area contributed by atoms with Gasteiger partial charge in [-0.3, -0.25) is 9.59 Å². The highest BCUT2D eigenvalue weighted by molar-refractivity contribution is 6.36. The van der Waals surface area contributed by atoms with E-state index in [-0.39, 0.29) is 10.8 Å². The number of amides is 1. The van der Waals surface area contributed by atoms with E-state index < -0.39 is 29.2 Å². The zero-order chi connectivity index (χ0) is 20.3. The highest BCUT2D eigenvalue weighted by Gasteiger charge is 2.45. The maximum absolute atomic E-state index is 13.7. The maximum Gasteiger partial charge on any atom is 0.317 e. The van der Waals surface area contributed by atoms with Crippen molar-refractivity contribution in [3.05, 3.63) is 58.0 Å². The number of rotatable bonds is 5. The molecular weight excluding hydrogens is 406 g/mol. The fraction of sp³-hybridized carbons (Fsp3) is 0.350. The highest BCUT2D eigenvalue weighted by atomic mass is 35.5. The van der Waals surface area contributed by atoms with Crippen LogP contribution in [-0.2, 0) is 19.7 Å². The minimum Gasteiger partial charge on any atom is -0.452 e.